The first-order valence-electron chi connectivity index (χ1n) is 18.6. The largest absolute Gasteiger partial charge is 0.244 e. The van der Waals surface area contributed by atoms with Gasteiger partial charge in [-0.15, -0.1) is 0 Å². The highest BCUT2D eigenvalue weighted by Crippen LogP contribution is 2.51. The second-order valence-electron chi connectivity index (χ2n) is 14.4. The zero-order valence-corrected chi connectivity index (χ0v) is 29.2. The maximum Gasteiger partial charge on any atom is 0.0973 e. The van der Waals surface area contributed by atoms with Crippen molar-refractivity contribution >= 4 is 32.6 Å². The fourth-order valence-electron chi connectivity index (χ4n) is 9.14. The van der Waals surface area contributed by atoms with E-state index in [1.165, 1.54) is 88.3 Å². The predicted octanol–water partition coefficient (Wildman–Crippen LogP) is 13.9. The smallest absolute Gasteiger partial charge is 0.0973 e. The van der Waals surface area contributed by atoms with Gasteiger partial charge in [0, 0.05) is 11.1 Å². The molecule has 10 aromatic rings. The van der Waals surface area contributed by atoms with E-state index in [-0.39, 0.29) is 0 Å². The van der Waals surface area contributed by atoms with Gasteiger partial charge in [-0.2, -0.15) is 0 Å². The minimum absolute atomic E-state index is 0.881. The van der Waals surface area contributed by atoms with Gasteiger partial charge in [-0.1, -0.05) is 170 Å². The van der Waals surface area contributed by atoms with E-state index in [1.807, 2.05) is 24.3 Å². The van der Waals surface area contributed by atoms with Crippen LogP contribution in [-0.2, 0) is 0 Å². The standard InChI is InChI=1S/C52H30N2/c1-3-11-39-37(9-1)43-15-7-13-41-35(27-29-45(39)49(41)43)31-19-23-33(24-20-31)51-52(54-48-18-6-5-17-47(48)53-51)34-25-21-32(22-26-34)36-28-30-46-40-12-4-2-10-38(40)44-16-8-14-42(36)50(44)46/h1-30H. The topological polar surface area (TPSA) is 25.8 Å². The molecule has 0 spiro atoms. The van der Waals surface area contributed by atoms with E-state index in [4.69, 9.17) is 9.97 Å². The first-order chi connectivity index (χ1) is 26.8. The van der Waals surface area contributed by atoms with Crippen LogP contribution in [0.5, 0.6) is 0 Å². The normalized spacial score (nSPS) is 12.1. The van der Waals surface area contributed by atoms with E-state index >= 15 is 0 Å². The van der Waals surface area contributed by atoms with Gasteiger partial charge in [0.2, 0.25) is 0 Å². The van der Waals surface area contributed by atoms with Crippen LogP contribution in [0.15, 0.2) is 182 Å². The third-order valence-corrected chi connectivity index (χ3v) is 11.6. The third kappa shape index (κ3) is 4.17. The minimum atomic E-state index is 0.881. The van der Waals surface area contributed by atoms with Crippen molar-refractivity contribution in [3.05, 3.63) is 182 Å². The van der Waals surface area contributed by atoms with E-state index in [1.54, 1.807) is 0 Å². The van der Waals surface area contributed by atoms with E-state index in [9.17, 15) is 0 Å². The first kappa shape index (κ1) is 29.4. The Morgan fingerprint density at radius 3 is 0.944 bits per heavy atom. The lowest BCUT2D eigenvalue weighted by molar-refractivity contribution is 1.29. The molecule has 0 saturated heterocycles. The van der Waals surface area contributed by atoms with Gasteiger partial charge in [0.05, 0.1) is 22.4 Å². The van der Waals surface area contributed by atoms with Gasteiger partial charge in [0.15, 0.2) is 0 Å². The number of aromatic nitrogens is 2. The van der Waals surface area contributed by atoms with Crippen molar-refractivity contribution in [1.29, 1.82) is 0 Å². The third-order valence-electron chi connectivity index (χ3n) is 11.6. The maximum atomic E-state index is 5.23. The number of para-hydroxylation sites is 2. The SMILES string of the molecule is c1ccc2c(c1)-c1cccc3c(-c4ccc(-c5nc6ccccc6nc5-c5ccc(-c6ccc7c8c(cccc68)-c6ccccc6-7)cc5)cc4)ccc-2c13. The molecular weight excluding hydrogens is 653 g/mol. The van der Waals surface area contributed by atoms with E-state index in [0.29, 0.717) is 0 Å². The fraction of sp³-hybridized carbons (Fsp3) is 0. The molecule has 0 saturated carbocycles. The summed E-state index contributed by atoms with van der Waals surface area (Å²) in [6.07, 6.45) is 0. The van der Waals surface area contributed by atoms with Crippen LogP contribution in [-0.4, -0.2) is 9.97 Å². The van der Waals surface area contributed by atoms with Crippen LogP contribution in [0.4, 0.5) is 0 Å². The molecule has 2 nitrogen and oxygen atoms in total. The zero-order chi connectivity index (χ0) is 35.3. The summed E-state index contributed by atoms with van der Waals surface area (Å²) >= 11 is 0. The summed E-state index contributed by atoms with van der Waals surface area (Å²) in [4.78, 5) is 10.5. The average molecular weight is 683 g/mol. The van der Waals surface area contributed by atoms with Gasteiger partial charge >= 0.3 is 0 Å². The van der Waals surface area contributed by atoms with Gasteiger partial charge < -0.3 is 0 Å². The van der Waals surface area contributed by atoms with Crippen LogP contribution in [0.25, 0.3) is 122 Å². The van der Waals surface area contributed by atoms with Crippen molar-refractivity contribution in [3.63, 3.8) is 0 Å². The Kier molecular flexibility index (Phi) is 6.09. The summed E-state index contributed by atoms with van der Waals surface area (Å²) in [6, 6.07) is 65.9. The van der Waals surface area contributed by atoms with Gasteiger partial charge in [-0.05, 0) is 100 Å². The minimum Gasteiger partial charge on any atom is -0.244 e. The second-order valence-corrected chi connectivity index (χ2v) is 14.4. The Morgan fingerprint density at radius 1 is 0.222 bits per heavy atom. The zero-order valence-electron chi connectivity index (χ0n) is 29.2. The number of nitrogens with zero attached hydrogens (tertiary/aromatic N) is 2. The lowest BCUT2D eigenvalue weighted by atomic mass is 9.92. The Labute approximate surface area is 312 Å². The summed E-state index contributed by atoms with van der Waals surface area (Å²) in [6.45, 7) is 0. The lowest BCUT2D eigenvalue weighted by Crippen LogP contribution is -1.96. The van der Waals surface area contributed by atoms with Gasteiger partial charge in [0.1, 0.15) is 0 Å². The van der Waals surface area contributed by atoms with Gasteiger partial charge in [-0.3, -0.25) is 0 Å². The Morgan fingerprint density at radius 2 is 0.537 bits per heavy atom. The van der Waals surface area contributed by atoms with Crippen LogP contribution in [0, 0.1) is 0 Å². The second kappa shape index (κ2) is 11.2. The molecule has 0 aliphatic heterocycles. The lowest BCUT2D eigenvalue weighted by Gasteiger charge is -2.14. The van der Waals surface area contributed by atoms with Crippen molar-refractivity contribution in [3.8, 4) is 89.3 Å². The molecule has 0 bridgehead atoms. The highest BCUT2D eigenvalue weighted by molar-refractivity contribution is 6.20. The molecule has 54 heavy (non-hydrogen) atoms. The molecule has 0 amide bonds. The van der Waals surface area contributed by atoms with Crippen molar-refractivity contribution in [1.82, 2.24) is 9.97 Å². The number of rotatable bonds is 4. The summed E-state index contributed by atoms with van der Waals surface area (Å²) in [7, 11) is 0. The monoisotopic (exact) mass is 682 g/mol. The molecule has 0 fully saturated rings. The van der Waals surface area contributed by atoms with Gasteiger partial charge in [0.25, 0.3) is 0 Å². The maximum absolute atomic E-state index is 5.23. The Bertz CT molecular complexity index is 2920. The van der Waals surface area contributed by atoms with Crippen LogP contribution in [0.1, 0.15) is 0 Å². The summed E-state index contributed by atoms with van der Waals surface area (Å²) < 4.78 is 0. The number of hydrogen-bond acceptors (Lipinski definition) is 2. The molecule has 0 radical (unpaired) electrons. The van der Waals surface area contributed by atoms with Crippen LogP contribution in [0.2, 0.25) is 0 Å². The molecule has 2 aliphatic carbocycles. The summed E-state index contributed by atoms with van der Waals surface area (Å²) in [5.41, 5.74) is 21.0. The first-order valence-corrected chi connectivity index (χ1v) is 18.6. The summed E-state index contributed by atoms with van der Waals surface area (Å²) in [5.74, 6) is 0. The molecular formula is C52H30N2. The Balaban J connectivity index is 0.946. The molecule has 12 rings (SSSR count). The Hall–Kier alpha value is -7.16. The number of benzene rings is 9. The summed E-state index contributed by atoms with van der Waals surface area (Å²) in [5, 5.41) is 5.25. The van der Waals surface area contributed by atoms with Crippen LogP contribution in [0.3, 0.4) is 0 Å². The number of hydrogen-bond donors (Lipinski definition) is 0. The average Bonchev–Trinajstić information content (AvgIpc) is 3.75. The van der Waals surface area contributed by atoms with Crippen molar-refractivity contribution in [2.75, 3.05) is 0 Å². The van der Waals surface area contributed by atoms with Crippen molar-refractivity contribution < 1.29 is 0 Å². The molecule has 248 valence electrons. The number of fused-ring (bicyclic) bond motifs is 7. The fourth-order valence-corrected chi connectivity index (χ4v) is 9.14. The van der Waals surface area contributed by atoms with E-state index < -0.39 is 0 Å². The molecule has 2 heteroatoms. The highest BCUT2D eigenvalue weighted by atomic mass is 14.8. The highest BCUT2D eigenvalue weighted by Gasteiger charge is 2.24. The van der Waals surface area contributed by atoms with Crippen LogP contribution >= 0.6 is 0 Å². The molecule has 0 unspecified atom stereocenters. The van der Waals surface area contributed by atoms with Gasteiger partial charge in [-0.25, -0.2) is 9.97 Å². The predicted molar refractivity (Wildman–Crippen MR) is 225 cm³/mol. The van der Waals surface area contributed by atoms with Crippen molar-refractivity contribution in [2.45, 2.75) is 0 Å². The molecule has 2 aliphatic rings. The molecule has 9 aromatic carbocycles. The molecule has 0 N–H and O–H groups in total. The molecule has 0 atom stereocenters. The van der Waals surface area contributed by atoms with E-state index in [2.05, 4.69) is 158 Å². The van der Waals surface area contributed by atoms with Crippen molar-refractivity contribution in [2.24, 2.45) is 0 Å². The quantitative estimate of drug-likeness (QED) is 0.185. The molecule has 1 aromatic heterocycles. The molecule has 1 heterocycles. The van der Waals surface area contributed by atoms with E-state index in [0.717, 1.165) is 33.5 Å². The van der Waals surface area contributed by atoms with Crippen LogP contribution < -0.4 is 0 Å².